The normalized spacial score (nSPS) is 10.3. The number of aryl methyl sites for hydroxylation is 1. The highest BCUT2D eigenvalue weighted by Gasteiger charge is 2.07. The van der Waals surface area contributed by atoms with Crippen LogP contribution in [0, 0.1) is 0 Å². The lowest BCUT2D eigenvalue weighted by Crippen LogP contribution is -2.24. The maximum atomic E-state index is 11.8. The zero-order valence-corrected chi connectivity index (χ0v) is 11.5. The van der Waals surface area contributed by atoms with Crippen molar-refractivity contribution in [3.05, 3.63) is 54.1 Å². The Labute approximate surface area is 122 Å². The summed E-state index contributed by atoms with van der Waals surface area (Å²) < 4.78 is 1.83. The van der Waals surface area contributed by atoms with Gasteiger partial charge in [-0.1, -0.05) is 24.3 Å². The summed E-state index contributed by atoms with van der Waals surface area (Å²) in [6.07, 6.45) is 5.45. The quantitative estimate of drug-likeness (QED) is 0.802. The SMILES string of the molecule is O=C(O)Cc1ccccc1CNC(=O)CCn1ccnc1. The zero-order valence-electron chi connectivity index (χ0n) is 11.5. The molecular weight excluding hydrogens is 270 g/mol. The Morgan fingerprint density at radius 2 is 2.00 bits per heavy atom. The molecule has 0 radical (unpaired) electrons. The number of benzene rings is 1. The maximum absolute atomic E-state index is 11.8. The largest absolute Gasteiger partial charge is 0.481 e. The second-order valence-electron chi connectivity index (χ2n) is 4.67. The smallest absolute Gasteiger partial charge is 0.307 e. The predicted octanol–water partition coefficient (Wildman–Crippen LogP) is 1.22. The van der Waals surface area contributed by atoms with Gasteiger partial charge in [-0.25, -0.2) is 4.98 Å². The van der Waals surface area contributed by atoms with Crippen LogP contribution in [0.1, 0.15) is 17.5 Å². The Hall–Kier alpha value is -2.63. The number of carboxylic acids is 1. The molecule has 2 aromatic rings. The van der Waals surface area contributed by atoms with Crippen LogP contribution in [-0.4, -0.2) is 26.5 Å². The van der Waals surface area contributed by atoms with Crippen molar-refractivity contribution in [3.63, 3.8) is 0 Å². The molecule has 110 valence electrons. The monoisotopic (exact) mass is 287 g/mol. The highest BCUT2D eigenvalue weighted by atomic mass is 16.4. The molecule has 2 rings (SSSR count). The van der Waals surface area contributed by atoms with Crippen molar-refractivity contribution in [1.29, 1.82) is 0 Å². The van der Waals surface area contributed by atoms with Gasteiger partial charge in [-0.2, -0.15) is 0 Å². The van der Waals surface area contributed by atoms with Crippen LogP contribution in [0.5, 0.6) is 0 Å². The van der Waals surface area contributed by atoms with E-state index in [1.807, 2.05) is 16.7 Å². The Bertz CT molecular complexity index is 608. The Morgan fingerprint density at radius 3 is 2.67 bits per heavy atom. The second kappa shape index (κ2) is 7.23. The van der Waals surface area contributed by atoms with Crippen LogP contribution in [0.4, 0.5) is 0 Å². The molecular formula is C15H17N3O3. The molecule has 0 aliphatic carbocycles. The van der Waals surface area contributed by atoms with Crippen LogP contribution in [0.15, 0.2) is 43.0 Å². The van der Waals surface area contributed by atoms with Gasteiger partial charge in [0.05, 0.1) is 12.7 Å². The van der Waals surface area contributed by atoms with Gasteiger partial charge in [-0.05, 0) is 11.1 Å². The Kier molecular flexibility index (Phi) is 5.09. The van der Waals surface area contributed by atoms with Crippen LogP contribution in [-0.2, 0) is 29.1 Å². The van der Waals surface area contributed by atoms with Gasteiger partial charge in [0.25, 0.3) is 0 Å². The summed E-state index contributed by atoms with van der Waals surface area (Å²) in [5.41, 5.74) is 1.55. The van der Waals surface area contributed by atoms with Crippen molar-refractivity contribution in [2.45, 2.75) is 25.9 Å². The topological polar surface area (TPSA) is 84.2 Å². The van der Waals surface area contributed by atoms with Gasteiger partial charge in [-0.3, -0.25) is 9.59 Å². The third-order valence-electron chi connectivity index (χ3n) is 3.09. The number of rotatable bonds is 7. The van der Waals surface area contributed by atoms with Crippen LogP contribution < -0.4 is 5.32 Å². The summed E-state index contributed by atoms with van der Waals surface area (Å²) in [5.74, 6) is -0.956. The van der Waals surface area contributed by atoms with Crippen LogP contribution in [0.25, 0.3) is 0 Å². The van der Waals surface area contributed by atoms with E-state index in [4.69, 9.17) is 5.11 Å². The molecule has 0 aliphatic rings. The summed E-state index contributed by atoms with van der Waals surface area (Å²) in [6, 6.07) is 7.22. The zero-order chi connectivity index (χ0) is 15.1. The third kappa shape index (κ3) is 4.76. The van der Waals surface area contributed by atoms with Crippen molar-refractivity contribution < 1.29 is 14.7 Å². The number of imidazole rings is 1. The van der Waals surface area contributed by atoms with Crippen molar-refractivity contribution in [2.24, 2.45) is 0 Å². The number of hydrogen-bond acceptors (Lipinski definition) is 3. The van der Waals surface area contributed by atoms with Gasteiger partial charge < -0.3 is 15.0 Å². The average molecular weight is 287 g/mol. The van der Waals surface area contributed by atoms with E-state index in [2.05, 4.69) is 10.3 Å². The molecule has 1 heterocycles. The van der Waals surface area contributed by atoms with Gasteiger partial charge in [0.1, 0.15) is 0 Å². The Balaban J connectivity index is 1.84. The first-order chi connectivity index (χ1) is 10.1. The van der Waals surface area contributed by atoms with Crippen LogP contribution >= 0.6 is 0 Å². The van der Waals surface area contributed by atoms with Gasteiger partial charge in [0.2, 0.25) is 5.91 Å². The molecule has 1 aromatic heterocycles. The number of carboxylic acid groups (broad SMARTS) is 1. The van der Waals surface area contributed by atoms with Crippen LogP contribution in [0.2, 0.25) is 0 Å². The summed E-state index contributed by atoms with van der Waals surface area (Å²) in [4.78, 5) is 26.5. The number of aliphatic carboxylic acids is 1. The summed E-state index contributed by atoms with van der Waals surface area (Å²) in [5, 5.41) is 11.7. The molecule has 2 N–H and O–H groups in total. The first-order valence-electron chi connectivity index (χ1n) is 6.66. The van der Waals surface area contributed by atoms with Gasteiger partial charge >= 0.3 is 5.97 Å². The number of nitrogens with one attached hydrogen (secondary N) is 1. The fourth-order valence-electron chi connectivity index (χ4n) is 2.00. The highest BCUT2D eigenvalue weighted by molar-refractivity contribution is 5.76. The third-order valence-corrected chi connectivity index (χ3v) is 3.09. The minimum atomic E-state index is -0.881. The molecule has 0 bridgehead atoms. The molecule has 0 saturated heterocycles. The highest BCUT2D eigenvalue weighted by Crippen LogP contribution is 2.09. The van der Waals surface area contributed by atoms with Crippen molar-refractivity contribution in [3.8, 4) is 0 Å². The average Bonchev–Trinajstić information content (AvgIpc) is 2.97. The van der Waals surface area contributed by atoms with Gasteiger partial charge in [0.15, 0.2) is 0 Å². The Morgan fingerprint density at radius 1 is 1.24 bits per heavy atom. The molecule has 1 amide bonds. The lowest BCUT2D eigenvalue weighted by molar-refractivity contribution is -0.136. The minimum Gasteiger partial charge on any atom is -0.481 e. The molecule has 0 aliphatic heterocycles. The van der Waals surface area contributed by atoms with Gasteiger partial charge in [-0.15, -0.1) is 0 Å². The van der Waals surface area contributed by atoms with E-state index in [9.17, 15) is 9.59 Å². The standard InChI is InChI=1S/C15H17N3O3/c19-14(5-7-18-8-6-16-11-18)17-10-13-4-2-1-3-12(13)9-15(20)21/h1-4,6,8,11H,5,7,9-10H2,(H,17,19)(H,20,21). The molecule has 0 atom stereocenters. The second-order valence-corrected chi connectivity index (χ2v) is 4.67. The number of carbonyl (C=O) groups is 2. The predicted molar refractivity (Wildman–Crippen MR) is 76.5 cm³/mol. The molecule has 0 saturated carbocycles. The van der Waals surface area contributed by atoms with E-state index in [0.29, 0.717) is 19.5 Å². The molecule has 6 nitrogen and oxygen atoms in total. The first-order valence-corrected chi connectivity index (χ1v) is 6.66. The maximum Gasteiger partial charge on any atom is 0.307 e. The van der Waals surface area contributed by atoms with E-state index in [1.165, 1.54) is 0 Å². The number of aromatic nitrogens is 2. The fraction of sp³-hybridized carbons (Fsp3) is 0.267. The fourth-order valence-corrected chi connectivity index (χ4v) is 2.00. The van der Waals surface area contributed by atoms with E-state index < -0.39 is 5.97 Å². The molecule has 1 aromatic carbocycles. The minimum absolute atomic E-state index is 0.0406. The van der Waals surface area contributed by atoms with Crippen molar-refractivity contribution >= 4 is 11.9 Å². The van der Waals surface area contributed by atoms with Gasteiger partial charge in [0, 0.05) is 31.9 Å². The molecule has 0 fully saturated rings. The summed E-state index contributed by atoms with van der Waals surface area (Å²) in [7, 11) is 0. The van der Waals surface area contributed by atoms with Crippen molar-refractivity contribution in [2.75, 3.05) is 0 Å². The number of hydrogen-bond donors (Lipinski definition) is 2. The summed E-state index contributed by atoms with van der Waals surface area (Å²) >= 11 is 0. The number of amides is 1. The lowest BCUT2D eigenvalue weighted by Gasteiger charge is -2.09. The van der Waals surface area contributed by atoms with E-state index in [0.717, 1.165) is 11.1 Å². The van der Waals surface area contributed by atoms with Crippen molar-refractivity contribution in [1.82, 2.24) is 14.9 Å². The molecule has 6 heteroatoms. The lowest BCUT2D eigenvalue weighted by atomic mass is 10.0. The first kappa shape index (κ1) is 14.8. The number of nitrogens with zero attached hydrogens (tertiary/aromatic N) is 2. The van der Waals surface area contributed by atoms with E-state index in [-0.39, 0.29) is 12.3 Å². The summed E-state index contributed by atoms with van der Waals surface area (Å²) in [6.45, 7) is 0.912. The molecule has 21 heavy (non-hydrogen) atoms. The molecule has 0 spiro atoms. The van der Waals surface area contributed by atoms with E-state index in [1.54, 1.807) is 30.9 Å². The number of carbonyl (C=O) groups excluding carboxylic acids is 1. The van der Waals surface area contributed by atoms with Crippen LogP contribution in [0.3, 0.4) is 0 Å². The molecule has 0 unspecified atom stereocenters. The van der Waals surface area contributed by atoms with E-state index >= 15 is 0 Å².